The minimum absolute atomic E-state index is 0.147. The maximum atomic E-state index is 13.1. The molecular weight excluding hydrogens is 434 g/mol. The third-order valence-corrected chi connectivity index (χ3v) is 7.22. The first kappa shape index (κ1) is 21.6. The van der Waals surface area contributed by atoms with E-state index in [-0.39, 0.29) is 12.5 Å². The summed E-state index contributed by atoms with van der Waals surface area (Å²) in [7, 11) is 0. The van der Waals surface area contributed by atoms with Crippen molar-refractivity contribution in [2.24, 2.45) is 0 Å². The first-order valence-corrected chi connectivity index (χ1v) is 12.0. The zero-order valence-electron chi connectivity index (χ0n) is 18.5. The number of aromatic nitrogens is 1. The van der Waals surface area contributed by atoms with E-state index >= 15 is 0 Å². The van der Waals surface area contributed by atoms with Crippen LogP contribution in [0.5, 0.6) is 0 Å². The van der Waals surface area contributed by atoms with E-state index in [1.165, 1.54) is 0 Å². The number of carbonyl (C=O) groups excluding carboxylic acids is 2. The van der Waals surface area contributed by atoms with Crippen molar-refractivity contribution < 1.29 is 14.3 Å². The fourth-order valence-electron chi connectivity index (χ4n) is 4.29. The molecule has 1 amide bonds. The monoisotopic (exact) mass is 459 g/mol. The molecule has 33 heavy (non-hydrogen) atoms. The van der Waals surface area contributed by atoms with Crippen molar-refractivity contribution in [3.63, 3.8) is 0 Å². The highest BCUT2D eigenvalue weighted by Crippen LogP contribution is 2.36. The summed E-state index contributed by atoms with van der Waals surface area (Å²) in [5, 5.41) is 2.59. The Kier molecular flexibility index (Phi) is 6.07. The van der Waals surface area contributed by atoms with Gasteiger partial charge in [-0.15, -0.1) is 11.3 Å². The Morgan fingerprint density at radius 1 is 0.970 bits per heavy atom. The smallest absolute Gasteiger partial charge is 0.339 e. The second-order valence-electron chi connectivity index (χ2n) is 8.09. The predicted octanol–water partition coefficient (Wildman–Crippen LogP) is 4.44. The van der Waals surface area contributed by atoms with Gasteiger partial charge in [0.1, 0.15) is 5.01 Å². The van der Waals surface area contributed by atoms with Crippen LogP contribution in [-0.4, -0.2) is 66.0 Å². The maximum absolute atomic E-state index is 13.1. The van der Waals surface area contributed by atoms with Gasteiger partial charge in [0.15, 0.2) is 6.61 Å². The van der Waals surface area contributed by atoms with Crippen LogP contribution in [0, 0.1) is 0 Å². The minimum atomic E-state index is -0.491. The topological polar surface area (TPSA) is 62.7 Å². The van der Waals surface area contributed by atoms with Crippen molar-refractivity contribution in [1.82, 2.24) is 14.8 Å². The molecule has 5 rings (SSSR count). The first-order chi connectivity index (χ1) is 16.1. The van der Waals surface area contributed by atoms with E-state index in [2.05, 4.69) is 11.8 Å². The number of carbonyl (C=O) groups is 2. The fraction of sp³-hybridized carbons (Fsp3) is 0.269. The zero-order valence-corrected chi connectivity index (χ0v) is 19.3. The summed E-state index contributed by atoms with van der Waals surface area (Å²) in [4.78, 5) is 34.5. The van der Waals surface area contributed by atoms with Crippen LogP contribution in [0.1, 0.15) is 17.3 Å². The number of likely N-dealkylation sites (N-methyl/N-ethyl adjacent to an activating group) is 1. The van der Waals surface area contributed by atoms with E-state index in [1.54, 1.807) is 22.3 Å². The number of hydrogen-bond acceptors (Lipinski definition) is 6. The van der Waals surface area contributed by atoms with Gasteiger partial charge in [-0.1, -0.05) is 49.4 Å². The third-order valence-electron chi connectivity index (χ3n) is 6.15. The zero-order chi connectivity index (χ0) is 22.8. The van der Waals surface area contributed by atoms with Gasteiger partial charge in [0.25, 0.3) is 5.91 Å². The standard InChI is InChI=1S/C26H25N3O3S/c1-2-28-13-15-29(16-14-28)23(30)17-32-26(31)20-10-6-8-18-7-5-9-19(24(18)20)25-27-21-11-3-4-12-22(21)33-25/h3-12H,2,13-17H2,1H3. The van der Waals surface area contributed by atoms with Crippen LogP contribution in [0.2, 0.25) is 0 Å². The number of para-hydroxylation sites is 1. The molecule has 1 fully saturated rings. The molecule has 168 valence electrons. The molecule has 7 heteroatoms. The van der Waals surface area contributed by atoms with E-state index in [0.717, 1.165) is 51.2 Å². The Hall–Kier alpha value is -3.29. The molecule has 0 spiro atoms. The molecule has 0 N–H and O–H groups in total. The van der Waals surface area contributed by atoms with Crippen molar-refractivity contribution in [3.8, 4) is 10.6 Å². The summed E-state index contributed by atoms with van der Waals surface area (Å²) in [6.07, 6.45) is 0. The third kappa shape index (κ3) is 4.34. The van der Waals surface area contributed by atoms with Gasteiger partial charge < -0.3 is 14.5 Å². The quantitative estimate of drug-likeness (QED) is 0.413. The fourth-order valence-corrected chi connectivity index (χ4v) is 5.28. The van der Waals surface area contributed by atoms with Crippen LogP contribution in [0.4, 0.5) is 0 Å². The number of nitrogens with zero attached hydrogens (tertiary/aromatic N) is 3. The summed E-state index contributed by atoms with van der Waals surface area (Å²) in [6.45, 7) is 5.89. The SMILES string of the molecule is CCN1CCN(C(=O)COC(=O)c2cccc3cccc(-c4nc5ccccc5s4)c23)CC1. The van der Waals surface area contributed by atoms with Crippen LogP contribution >= 0.6 is 11.3 Å². The van der Waals surface area contributed by atoms with Gasteiger partial charge in [-0.25, -0.2) is 9.78 Å². The lowest BCUT2D eigenvalue weighted by molar-refractivity contribution is -0.136. The summed E-state index contributed by atoms with van der Waals surface area (Å²) in [5.41, 5.74) is 2.28. The highest BCUT2D eigenvalue weighted by Gasteiger charge is 2.23. The number of thiazole rings is 1. The van der Waals surface area contributed by atoms with Gasteiger partial charge >= 0.3 is 5.97 Å². The van der Waals surface area contributed by atoms with Crippen molar-refractivity contribution in [1.29, 1.82) is 0 Å². The molecule has 1 aromatic heterocycles. The van der Waals surface area contributed by atoms with Gasteiger partial charge in [0.2, 0.25) is 0 Å². The number of ether oxygens (including phenoxy) is 1. The number of benzene rings is 3. The number of esters is 1. The second kappa shape index (κ2) is 9.29. The molecule has 0 radical (unpaired) electrons. The average Bonchev–Trinajstić information content (AvgIpc) is 3.30. The van der Waals surface area contributed by atoms with Gasteiger partial charge in [0.05, 0.1) is 15.8 Å². The van der Waals surface area contributed by atoms with Gasteiger partial charge in [0, 0.05) is 37.1 Å². The van der Waals surface area contributed by atoms with E-state index in [4.69, 9.17) is 9.72 Å². The highest BCUT2D eigenvalue weighted by molar-refractivity contribution is 7.21. The molecule has 3 aromatic carbocycles. The molecular formula is C26H25N3O3S. The normalized spacial score (nSPS) is 14.6. The number of fused-ring (bicyclic) bond motifs is 2. The molecule has 0 atom stereocenters. The Bertz CT molecular complexity index is 1290. The molecule has 1 aliphatic rings. The van der Waals surface area contributed by atoms with Crippen LogP contribution in [-0.2, 0) is 9.53 Å². The van der Waals surface area contributed by atoms with Gasteiger partial charge in [-0.05, 0) is 30.1 Å². The van der Waals surface area contributed by atoms with Crippen LogP contribution in [0.3, 0.4) is 0 Å². The summed E-state index contributed by atoms with van der Waals surface area (Å²) >= 11 is 1.60. The summed E-state index contributed by atoms with van der Waals surface area (Å²) in [5.74, 6) is -0.638. The molecule has 0 bridgehead atoms. The molecule has 0 saturated carbocycles. The molecule has 0 aliphatic carbocycles. The Labute approximate surface area is 196 Å². The lowest BCUT2D eigenvalue weighted by Gasteiger charge is -2.33. The van der Waals surface area contributed by atoms with E-state index in [9.17, 15) is 9.59 Å². The second-order valence-corrected chi connectivity index (χ2v) is 9.12. The molecule has 0 unspecified atom stereocenters. The largest absolute Gasteiger partial charge is 0.452 e. The van der Waals surface area contributed by atoms with Crippen LogP contribution in [0.25, 0.3) is 31.6 Å². The van der Waals surface area contributed by atoms with Crippen molar-refractivity contribution >= 4 is 44.2 Å². The lowest BCUT2D eigenvalue weighted by Crippen LogP contribution is -2.49. The Balaban J connectivity index is 1.40. The molecule has 6 nitrogen and oxygen atoms in total. The summed E-state index contributed by atoms with van der Waals surface area (Å²) in [6, 6.07) is 19.5. The maximum Gasteiger partial charge on any atom is 0.339 e. The van der Waals surface area contributed by atoms with Crippen molar-refractivity contribution in [2.45, 2.75) is 6.92 Å². The number of amides is 1. The lowest BCUT2D eigenvalue weighted by atomic mass is 9.99. The van der Waals surface area contributed by atoms with Crippen molar-refractivity contribution in [2.75, 3.05) is 39.3 Å². The molecule has 2 heterocycles. The van der Waals surface area contributed by atoms with Crippen molar-refractivity contribution in [3.05, 3.63) is 66.2 Å². The number of hydrogen-bond donors (Lipinski definition) is 0. The minimum Gasteiger partial charge on any atom is -0.452 e. The van der Waals surface area contributed by atoms with Crippen LogP contribution < -0.4 is 0 Å². The van der Waals surface area contributed by atoms with Gasteiger partial charge in [-0.2, -0.15) is 0 Å². The predicted molar refractivity (Wildman–Crippen MR) is 132 cm³/mol. The first-order valence-electron chi connectivity index (χ1n) is 11.2. The highest BCUT2D eigenvalue weighted by atomic mass is 32.1. The van der Waals surface area contributed by atoms with E-state index in [1.807, 2.05) is 54.6 Å². The molecule has 1 aliphatic heterocycles. The Morgan fingerprint density at radius 3 is 2.48 bits per heavy atom. The number of piperazine rings is 1. The molecule has 4 aromatic rings. The molecule has 1 saturated heterocycles. The Morgan fingerprint density at radius 2 is 1.73 bits per heavy atom. The van der Waals surface area contributed by atoms with Gasteiger partial charge in [-0.3, -0.25) is 4.79 Å². The summed E-state index contributed by atoms with van der Waals surface area (Å²) < 4.78 is 6.59. The van der Waals surface area contributed by atoms with E-state index < -0.39 is 5.97 Å². The van der Waals surface area contributed by atoms with Crippen LogP contribution in [0.15, 0.2) is 60.7 Å². The van der Waals surface area contributed by atoms with E-state index in [0.29, 0.717) is 18.7 Å². The average molecular weight is 460 g/mol. The number of rotatable bonds is 5.